The van der Waals surface area contributed by atoms with Crippen LogP contribution in [0.25, 0.3) is 0 Å². The molecule has 154 valence electrons. The predicted octanol–water partition coefficient (Wildman–Crippen LogP) is 1.29. The Balaban J connectivity index is 1.85. The van der Waals surface area contributed by atoms with E-state index in [0.29, 0.717) is 16.8 Å². The van der Waals surface area contributed by atoms with Gasteiger partial charge in [-0.05, 0) is 35.9 Å². The Bertz CT molecular complexity index is 997. The second-order valence-corrected chi connectivity index (χ2v) is 8.96. The number of carbonyl (C=O) groups is 2. The van der Waals surface area contributed by atoms with Gasteiger partial charge in [0.05, 0.1) is 18.1 Å². The monoisotopic (exact) mass is 420 g/mol. The second-order valence-electron chi connectivity index (χ2n) is 6.66. The molecule has 0 aromatic heterocycles. The highest BCUT2D eigenvalue weighted by molar-refractivity contribution is 7.91. The molecule has 1 fully saturated rings. The molecule has 0 radical (unpaired) electrons. The third-order valence-corrected chi connectivity index (χ3v) is 6.26. The summed E-state index contributed by atoms with van der Waals surface area (Å²) in [5.41, 5.74) is 3.47. The van der Waals surface area contributed by atoms with E-state index in [1.807, 2.05) is 5.43 Å². The molecule has 0 aliphatic carbocycles. The van der Waals surface area contributed by atoms with Crippen molar-refractivity contribution in [2.45, 2.75) is 6.54 Å². The normalized spacial score (nSPS) is 15.6. The zero-order chi connectivity index (χ0) is 21.0. The van der Waals surface area contributed by atoms with E-state index in [2.05, 4.69) is 0 Å². The Morgan fingerprint density at radius 1 is 1.10 bits per heavy atom. The Kier molecular flexibility index (Phi) is 6.14. The number of nitrogens with zero attached hydrogens (tertiary/aromatic N) is 2. The fourth-order valence-corrected chi connectivity index (χ4v) is 4.22. The van der Waals surface area contributed by atoms with Gasteiger partial charge in [-0.1, -0.05) is 18.2 Å². The van der Waals surface area contributed by atoms with E-state index in [4.69, 9.17) is 5.84 Å². The number of nitrogen functional groups attached to an aromatic ring is 1. The van der Waals surface area contributed by atoms with Crippen LogP contribution in [0.3, 0.4) is 0 Å². The molecule has 0 bridgehead atoms. The standard InChI is InChI=1S/C19H21FN4O4S/c20-16-2-1-3-17(12-16)24(19(26)23-8-10-29(27,28)11-9-23)13-14-4-6-15(7-5-14)18(25)22-21/h1-7,12H,8-11,13,21H2,(H,22,25). The van der Waals surface area contributed by atoms with Crippen molar-refractivity contribution in [2.24, 2.45) is 5.84 Å². The number of rotatable bonds is 4. The van der Waals surface area contributed by atoms with Crippen LogP contribution in [-0.2, 0) is 16.4 Å². The molecule has 2 aromatic rings. The fourth-order valence-electron chi connectivity index (χ4n) is 3.02. The number of sulfone groups is 1. The van der Waals surface area contributed by atoms with Gasteiger partial charge in [0.2, 0.25) is 0 Å². The number of hydrogen-bond acceptors (Lipinski definition) is 5. The van der Waals surface area contributed by atoms with Gasteiger partial charge < -0.3 is 4.90 Å². The summed E-state index contributed by atoms with van der Waals surface area (Å²) in [7, 11) is -3.14. The number of amides is 3. The van der Waals surface area contributed by atoms with Crippen molar-refractivity contribution in [3.8, 4) is 0 Å². The minimum Gasteiger partial charge on any atom is -0.322 e. The number of benzene rings is 2. The van der Waals surface area contributed by atoms with Crippen LogP contribution in [0.15, 0.2) is 48.5 Å². The molecule has 8 nitrogen and oxygen atoms in total. The van der Waals surface area contributed by atoms with Gasteiger partial charge in [0.25, 0.3) is 5.91 Å². The molecule has 0 atom stereocenters. The SMILES string of the molecule is NNC(=O)c1ccc(CN(C(=O)N2CCS(=O)(=O)CC2)c2cccc(F)c2)cc1. The highest BCUT2D eigenvalue weighted by Crippen LogP contribution is 2.21. The smallest absolute Gasteiger partial charge is 0.322 e. The third kappa shape index (κ3) is 5.09. The summed E-state index contributed by atoms with van der Waals surface area (Å²) in [5.74, 6) is 3.99. The molecular weight excluding hydrogens is 399 g/mol. The van der Waals surface area contributed by atoms with Crippen molar-refractivity contribution in [3.05, 3.63) is 65.5 Å². The molecule has 0 saturated carbocycles. The number of anilines is 1. The van der Waals surface area contributed by atoms with E-state index in [-0.39, 0.29) is 31.1 Å². The predicted molar refractivity (Wildman–Crippen MR) is 106 cm³/mol. The zero-order valence-electron chi connectivity index (χ0n) is 15.5. The van der Waals surface area contributed by atoms with E-state index in [1.54, 1.807) is 30.3 Å². The van der Waals surface area contributed by atoms with Crippen LogP contribution in [0.2, 0.25) is 0 Å². The molecule has 0 spiro atoms. The lowest BCUT2D eigenvalue weighted by Gasteiger charge is -2.33. The first kappa shape index (κ1) is 20.7. The van der Waals surface area contributed by atoms with Crippen LogP contribution < -0.4 is 16.2 Å². The third-order valence-electron chi connectivity index (χ3n) is 4.65. The maximum atomic E-state index is 13.8. The minimum atomic E-state index is -3.14. The van der Waals surface area contributed by atoms with Gasteiger partial charge in [-0.2, -0.15) is 0 Å². The van der Waals surface area contributed by atoms with Gasteiger partial charge in [-0.15, -0.1) is 0 Å². The summed E-state index contributed by atoms with van der Waals surface area (Å²) in [6.45, 7) is 0.293. The summed E-state index contributed by atoms with van der Waals surface area (Å²) >= 11 is 0. The molecule has 1 saturated heterocycles. The first-order chi connectivity index (χ1) is 13.8. The Labute approximate surface area is 168 Å². The Hall–Kier alpha value is -2.98. The molecule has 1 aliphatic heterocycles. The molecule has 1 heterocycles. The van der Waals surface area contributed by atoms with Crippen molar-refractivity contribution < 1.29 is 22.4 Å². The molecular formula is C19H21FN4O4S. The Morgan fingerprint density at radius 2 is 1.76 bits per heavy atom. The van der Waals surface area contributed by atoms with Crippen molar-refractivity contribution in [1.29, 1.82) is 0 Å². The number of urea groups is 1. The molecule has 10 heteroatoms. The van der Waals surface area contributed by atoms with Gasteiger partial charge in [0.15, 0.2) is 9.84 Å². The number of nitrogens with two attached hydrogens (primary N) is 1. The van der Waals surface area contributed by atoms with Crippen LogP contribution >= 0.6 is 0 Å². The first-order valence-electron chi connectivity index (χ1n) is 8.91. The van der Waals surface area contributed by atoms with Crippen LogP contribution in [0.4, 0.5) is 14.9 Å². The molecule has 3 amide bonds. The lowest BCUT2D eigenvalue weighted by atomic mass is 10.1. The maximum Gasteiger partial charge on any atom is 0.324 e. The van der Waals surface area contributed by atoms with Crippen molar-refractivity contribution in [3.63, 3.8) is 0 Å². The molecule has 1 aliphatic rings. The van der Waals surface area contributed by atoms with Crippen LogP contribution in [-0.4, -0.2) is 49.9 Å². The average molecular weight is 420 g/mol. The number of hydrogen-bond donors (Lipinski definition) is 2. The summed E-state index contributed by atoms with van der Waals surface area (Å²) in [6, 6.07) is 11.7. The van der Waals surface area contributed by atoms with E-state index in [0.717, 1.165) is 0 Å². The van der Waals surface area contributed by atoms with Crippen LogP contribution in [0.1, 0.15) is 15.9 Å². The van der Waals surface area contributed by atoms with Crippen molar-refractivity contribution in [1.82, 2.24) is 10.3 Å². The van der Waals surface area contributed by atoms with Crippen LogP contribution in [0, 0.1) is 5.82 Å². The van der Waals surface area contributed by atoms with Gasteiger partial charge in [-0.25, -0.2) is 23.4 Å². The number of carbonyl (C=O) groups excluding carboxylic acids is 2. The van der Waals surface area contributed by atoms with Gasteiger partial charge >= 0.3 is 6.03 Å². The van der Waals surface area contributed by atoms with Gasteiger partial charge in [0.1, 0.15) is 5.82 Å². The molecule has 3 N–H and O–H groups in total. The van der Waals surface area contributed by atoms with E-state index in [9.17, 15) is 22.4 Å². The molecule has 29 heavy (non-hydrogen) atoms. The zero-order valence-corrected chi connectivity index (χ0v) is 16.4. The maximum absolute atomic E-state index is 13.8. The van der Waals surface area contributed by atoms with E-state index < -0.39 is 27.6 Å². The average Bonchev–Trinajstić information content (AvgIpc) is 2.71. The van der Waals surface area contributed by atoms with E-state index >= 15 is 0 Å². The Morgan fingerprint density at radius 3 is 2.34 bits per heavy atom. The van der Waals surface area contributed by atoms with Crippen molar-refractivity contribution >= 4 is 27.5 Å². The first-order valence-corrected chi connectivity index (χ1v) is 10.7. The van der Waals surface area contributed by atoms with Crippen LogP contribution in [0.5, 0.6) is 0 Å². The number of hydrazine groups is 1. The molecule has 3 rings (SSSR count). The highest BCUT2D eigenvalue weighted by Gasteiger charge is 2.29. The summed E-state index contributed by atoms with van der Waals surface area (Å²) in [6.07, 6.45) is 0. The topological polar surface area (TPSA) is 113 Å². The highest BCUT2D eigenvalue weighted by atomic mass is 32.2. The van der Waals surface area contributed by atoms with E-state index in [1.165, 1.54) is 28.0 Å². The summed E-state index contributed by atoms with van der Waals surface area (Å²) in [5, 5.41) is 0. The van der Waals surface area contributed by atoms with Gasteiger partial charge in [0, 0.05) is 24.3 Å². The quantitative estimate of drug-likeness (QED) is 0.440. The fraction of sp³-hybridized carbons (Fsp3) is 0.263. The minimum absolute atomic E-state index is 0.0859. The second kappa shape index (κ2) is 8.58. The molecule has 0 unspecified atom stereocenters. The van der Waals surface area contributed by atoms with Crippen molar-refractivity contribution in [2.75, 3.05) is 29.5 Å². The number of nitrogens with one attached hydrogen (secondary N) is 1. The lowest BCUT2D eigenvalue weighted by molar-refractivity contribution is 0.0953. The summed E-state index contributed by atoms with van der Waals surface area (Å²) in [4.78, 5) is 27.5. The largest absolute Gasteiger partial charge is 0.324 e. The number of halogens is 1. The lowest BCUT2D eigenvalue weighted by Crippen LogP contribution is -2.49. The molecule has 2 aromatic carbocycles. The van der Waals surface area contributed by atoms with Gasteiger partial charge in [-0.3, -0.25) is 15.1 Å². The summed E-state index contributed by atoms with van der Waals surface area (Å²) < 4.78 is 37.1.